The molecule has 0 saturated carbocycles. The van der Waals surface area contributed by atoms with Crippen LogP contribution in [0.1, 0.15) is 23.1 Å². The number of nitrogens with zero attached hydrogens (tertiary/aromatic N) is 1. The van der Waals surface area contributed by atoms with Crippen LogP contribution < -0.4 is 5.73 Å². The van der Waals surface area contributed by atoms with E-state index < -0.39 is 12.4 Å². The highest BCUT2D eigenvalue weighted by atomic mass is 79.9. The van der Waals surface area contributed by atoms with Gasteiger partial charge in [-0.05, 0) is 21.5 Å². The molecule has 1 aromatic rings. The molecule has 0 saturated heterocycles. The number of ether oxygens (including phenoxy) is 1. The largest absolute Gasteiger partial charge is 0.469 e. The third-order valence-electron chi connectivity index (χ3n) is 2.27. The molecule has 0 unspecified atom stereocenters. The summed E-state index contributed by atoms with van der Waals surface area (Å²) in [6.45, 7) is 0.0144. The van der Waals surface area contributed by atoms with E-state index in [2.05, 4.69) is 25.7 Å². The fraction of sp³-hybridized carbons (Fsp3) is 0.400. The van der Waals surface area contributed by atoms with Gasteiger partial charge >= 0.3 is 5.97 Å². The minimum Gasteiger partial charge on any atom is -0.469 e. The van der Waals surface area contributed by atoms with E-state index in [-0.39, 0.29) is 24.1 Å². The zero-order chi connectivity index (χ0) is 13.0. The minimum atomic E-state index is -2.71. The van der Waals surface area contributed by atoms with Gasteiger partial charge in [0.1, 0.15) is 4.60 Å². The van der Waals surface area contributed by atoms with Crippen LogP contribution >= 0.6 is 15.9 Å². The lowest BCUT2D eigenvalue weighted by atomic mass is 10.0. The number of carbonyl (C=O) groups excluding carboxylic acids is 1. The third kappa shape index (κ3) is 3.19. The van der Waals surface area contributed by atoms with E-state index in [1.807, 2.05) is 0 Å². The van der Waals surface area contributed by atoms with Crippen LogP contribution in [0.25, 0.3) is 0 Å². The lowest BCUT2D eigenvalue weighted by Gasteiger charge is -2.13. The summed E-state index contributed by atoms with van der Waals surface area (Å²) in [6, 6.07) is 0. The molecular weight excluding hydrogens is 298 g/mol. The quantitative estimate of drug-likeness (QED) is 0.682. The van der Waals surface area contributed by atoms with Crippen molar-refractivity contribution in [1.82, 2.24) is 4.98 Å². The number of carbonyl (C=O) groups is 1. The molecule has 2 N–H and O–H groups in total. The highest BCUT2D eigenvalue weighted by Gasteiger charge is 2.21. The molecule has 0 atom stereocenters. The van der Waals surface area contributed by atoms with Gasteiger partial charge in [0.2, 0.25) is 0 Å². The zero-order valence-electron chi connectivity index (χ0n) is 9.04. The van der Waals surface area contributed by atoms with Crippen LogP contribution in [0.3, 0.4) is 0 Å². The second-order valence-electron chi connectivity index (χ2n) is 3.22. The van der Waals surface area contributed by atoms with Gasteiger partial charge in [-0.3, -0.25) is 4.79 Å². The Balaban J connectivity index is 3.28. The van der Waals surface area contributed by atoms with Gasteiger partial charge in [-0.15, -0.1) is 0 Å². The van der Waals surface area contributed by atoms with Crippen molar-refractivity contribution in [1.29, 1.82) is 0 Å². The first kappa shape index (κ1) is 14.0. The van der Waals surface area contributed by atoms with E-state index in [0.717, 1.165) is 6.20 Å². The first-order valence-electron chi connectivity index (χ1n) is 4.72. The van der Waals surface area contributed by atoms with E-state index in [1.165, 1.54) is 7.11 Å². The van der Waals surface area contributed by atoms with E-state index in [0.29, 0.717) is 10.2 Å². The maximum absolute atomic E-state index is 12.8. The Morgan fingerprint density at radius 2 is 2.24 bits per heavy atom. The molecule has 94 valence electrons. The van der Waals surface area contributed by atoms with Crippen molar-refractivity contribution in [3.8, 4) is 0 Å². The number of alkyl halides is 2. The van der Waals surface area contributed by atoms with E-state index in [4.69, 9.17) is 5.73 Å². The number of pyridine rings is 1. The standard InChI is InChI=1S/C10H11BrF2N2O2/c1-17-8(16)2-5-6(3-14)9(11)15-4-7(5)10(12)13/h4,10H,2-3,14H2,1H3. The Kier molecular flexibility index (Phi) is 4.95. The van der Waals surface area contributed by atoms with Crippen molar-refractivity contribution in [2.75, 3.05) is 7.11 Å². The normalized spacial score (nSPS) is 10.7. The second-order valence-corrected chi connectivity index (χ2v) is 3.97. The molecule has 0 spiro atoms. The third-order valence-corrected chi connectivity index (χ3v) is 2.95. The molecule has 17 heavy (non-hydrogen) atoms. The average molecular weight is 309 g/mol. The van der Waals surface area contributed by atoms with Crippen LogP contribution in [0.5, 0.6) is 0 Å². The van der Waals surface area contributed by atoms with Crippen LogP contribution in [0.15, 0.2) is 10.8 Å². The predicted molar refractivity (Wildman–Crippen MR) is 60.5 cm³/mol. The number of halogens is 3. The van der Waals surface area contributed by atoms with E-state index >= 15 is 0 Å². The smallest absolute Gasteiger partial charge is 0.310 e. The first-order chi connectivity index (χ1) is 8.01. The van der Waals surface area contributed by atoms with Gasteiger partial charge < -0.3 is 10.5 Å². The minimum absolute atomic E-state index is 0.0144. The Morgan fingerprint density at radius 1 is 1.59 bits per heavy atom. The number of hydrogen-bond donors (Lipinski definition) is 1. The molecule has 0 amide bonds. The lowest BCUT2D eigenvalue weighted by Crippen LogP contribution is -2.13. The second kappa shape index (κ2) is 6.02. The highest BCUT2D eigenvalue weighted by molar-refractivity contribution is 9.10. The molecule has 0 fully saturated rings. The van der Waals surface area contributed by atoms with Crippen LogP contribution in [0.2, 0.25) is 0 Å². The Morgan fingerprint density at radius 3 is 2.71 bits per heavy atom. The van der Waals surface area contributed by atoms with Crippen molar-refractivity contribution < 1.29 is 18.3 Å². The summed E-state index contributed by atoms with van der Waals surface area (Å²) < 4.78 is 30.4. The topological polar surface area (TPSA) is 65.2 Å². The molecule has 0 aliphatic heterocycles. The summed E-state index contributed by atoms with van der Waals surface area (Å²) in [5, 5.41) is 0. The first-order valence-corrected chi connectivity index (χ1v) is 5.51. The Bertz CT molecular complexity index is 427. The lowest BCUT2D eigenvalue weighted by molar-refractivity contribution is -0.139. The Labute approximate surface area is 105 Å². The van der Waals surface area contributed by atoms with Crippen molar-refractivity contribution in [3.63, 3.8) is 0 Å². The number of esters is 1. The number of nitrogens with two attached hydrogens (primary N) is 1. The summed E-state index contributed by atoms with van der Waals surface area (Å²) in [5.74, 6) is -0.597. The molecule has 4 nitrogen and oxygen atoms in total. The molecule has 0 aliphatic rings. The number of rotatable bonds is 4. The molecule has 0 bridgehead atoms. The van der Waals surface area contributed by atoms with Crippen LogP contribution in [-0.4, -0.2) is 18.1 Å². The van der Waals surface area contributed by atoms with Crippen LogP contribution in [-0.2, 0) is 22.5 Å². The van der Waals surface area contributed by atoms with Crippen molar-refractivity contribution >= 4 is 21.9 Å². The Hall–Kier alpha value is -1.08. The fourth-order valence-electron chi connectivity index (χ4n) is 1.40. The van der Waals surface area contributed by atoms with Gasteiger partial charge in [0.15, 0.2) is 0 Å². The average Bonchev–Trinajstić information content (AvgIpc) is 2.28. The van der Waals surface area contributed by atoms with E-state index in [1.54, 1.807) is 0 Å². The van der Waals surface area contributed by atoms with Gasteiger partial charge in [-0.25, -0.2) is 13.8 Å². The summed E-state index contributed by atoms with van der Waals surface area (Å²) in [5.41, 5.74) is 5.75. The number of hydrogen-bond acceptors (Lipinski definition) is 4. The van der Waals surface area contributed by atoms with Crippen LogP contribution in [0, 0.1) is 0 Å². The zero-order valence-corrected chi connectivity index (χ0v) is 10.6. The maximum atomic E-state index is 12.8. The highest BCUT2D eigenvalue weighted by Crippen LogP contribution is 2.29. The molecule has 7 heteroatoms. The fourth-order valence-corrected chi connectivity index (χ4v) is 1.91. The van der Waals surface area contributed by atoms with Gasteiger partial charge in [-0.1, -0.05) is 0 Å². The summed E-state index contributed by atoms with van der Waals surface area (Å²) in [7, 11) is 1.20. The van der Waals surface area contributed by atoms with Crippen molar-refractivity contribution in [2.24, 2.45) is 5.73 Å². The SMILES string of the molecule is COC(=O)Cc1c(C(F)F)cnc(Br)c1CN. The molecule has 1 heterocycles. The van der Waals surface area contributed by atoms with Gasteiger partial charge in [0.25, 0.3) is 6.43 Å². The van der Waals surface area contributed by atoms with Crippen LogP contribution in [0.4, 0.5) is 8.78 Å². The predicted octanol–water partition coefficient (Wildman–Crippen LogP) is 1.96. The summed E-state index contributed by atoms with van der Waals surface area (Å²) in [4.78, 5) is 15.0. The molecule has 1 rings (SSSR count). The molecular formula is C10H11BrF2N2O2. The van der Waals surface area contributed by atoms with Gasteiger partial charge in [-0.2, -0.15) is 0 Å². The molecule has 1 aromatic heterocycles. The maximum Gasteiger partial charge on any atom is 0.310 e. The molecule has 0 aliphatic carbocycles. The van der Waals surface area contributed by atoms with Gasteiger partial charge in [0.05, 0.1) is 13.5 Å². The number of aromatic nitrogens is 1. The monoisotopic (exact) mass is 308 g/mol. The van der Waals surface area contributed by atoms with Gasteiger partial charge in [0, 0.05) is 23.9 Å². The van der Waals surface area contributed by atoms with Crippen molar-refractivity contribution in [3.05, 3.63) is 27.5 Å². The molecule has 0 aromatic carbocycles. The summed E-state index contributed by atoms with van der Waals surface area (Å²) >= 11 is 3.11. The number of methoxy groups -OCH3 is 1. The summed E-state index contributed by atoms with van der Waals surface area (Å²) in [6.07, 6.45) is -1.92. The molecule has 0 radical (unpaired) electrons. The van der Waals surface area contributed by atoms with E-state index in [9.17, 15) is 13.6 Å². The van der Waals surface area contributed by atoms with Crippen molar-refractivity contribution in [2.45, 2.75) is 19.4 Å².